The number of carbonyl (C=O) groups is 1. The molecule has 0 aliphatic carbocycles. The zero-order chi connectivity index (χ0) is 19.5. The van der Waals surface area contributed by atoms with Gasteiger partial charge in [0.05, 0.1) is 17.3 Å². The lowest BCUT2D eigenvalue weighted by Gasteiger charge is -2.31. The SMILES string of the molecule is Cc1cc(C)n(-c2ccc(NC(=O)[C@H]3CCCN(c4ncccn4)C3)cc2)n1. The molecule has 1 fully saturated rings. The fourth-order valence-corrected chi connectivity index (χ4v) is 3.65. The normalized spacial score (nSPS) is 16.8. The quantitative estimate of drug-likeness (QED) is 0.757. The molecule has 1 aliphatic heterocycles. The molecular formula is C21H24N6O. The molecule has 3 heterocycles. The van der Waals surface area contributed by atoms with Crippen LogP contribution in [0.4, 0.5) is 11.6 Å². The van der Waals surface area contributed by atoms with E-state index in [1.54, 1.807) is 18.5 Å². The van der Waals surface area contributed by atoms with Gasteiger partial charge in [-0.1, -0.05) is 0 Å². The van der Waals surface area contributed by atoms with Crippen LogP contribution < -0.4 is 10.2 Å². The van der Waals surface area contributed by atoms with Gasteiger partial charge in [0.15, 0.2) is 0 Å². The van der Waals surface area contributed by atoms with Gasteiger partial charge < -0.3 is 10.2 Å². The molecule has 7 heteroatoms. The summed E-state index contributed by atoms with van der Waals surface area (Å²) in [6.07, 6.45) is 5.29. The molecule has 0 bridgehead atoms. The number of hydrogen-bond acceptors (Lipinski definition) is 5. The van der Waals surface area contributed by atoms with Gasteiger partial charge in [0.25, 0.3) is 0 Å². The maximum absolute atomic E-state index is 12.8. The molecule has 7 nitrogen and oxygen atoms in total. The monoisotopic (exact) mass is 376 g/mol. The number of benzene rings is 1. The van der Waals surface area contributed by atoms with Gasteiger partial charge in [-0.2, -0.15) is 5.10 Å². The van der Waals surface area contributed by atoms with E-state index in [0.717, 1.165) is 42.1 Å². The highest BCUT2D eigenvalue weighted by atomic mass is 16.1. The van der Waals surface area contributed by atoms with Crippen molar-refractivity contribution in [3.05, 3.63) is 60.2 Å². The summed E-state index contributed by atoms with van der Waals surface area (Å²) in [5, 5.41) is 7.54. The molecule has 1 amide bonds. The highest BCUT2D eigenvalue weighted by Crippen LogP contribution is 2.22. The van der Waals surface area contributed by atoms with E-state index in [2.05, 4.69) is 25.3 Å². The van der Waals surface area contributed by atoms with E-state index in [9.17, 15) is 4.79 Å². The zero-order valence-electron chi connectivity index (χ0n) is 16.2. The fourth-order valence-electron chi connectivity index (χ4n) is 3.65. The van der Waals surface area contributed by atoms with Crippen LogP contribution in [0.15, 0.2) is 48.8 Å². The number of hydrogen-bond donors (Lipinski definition) is 1. The summed E-state index contributed by atoms with van der Waals surface area (Å²) in [6.45, 7) is 5.53. The molecule has 1 N–H and O–H groups in total. The lowest BCUT2D eigenvalue weighted by molar-refractivity contribution is -0.120. The first-order valence-corrected chi connectivity index (χ1v) is 9.57. The van der Waals surface area contributed by atoms with Crippen molar-refractivity contribution in [2.75, 3.05) is 23.3 Å². The second-order valence-electron chi connectivity index (χ2n) is 7.21. The van der Waals surface area contributed by atoms with Crippen molar-refractivity contribution in [3.63, 3.8) is 0 Å². The average Bonchev–Trinajstić information content (AvgIpc) is 3.07. The number of carbonyl (C=O) groups excluding carboxylic acids is 1. The number of anilines is 2. The highest BCUT2D eigenvalue weighted by Gasteiger charge is 2.27. The Morgan fingerprint density at radius 1 is 1.14 bits per heavy atom. The van der Waals surface area contributed by atoms with Crippen molar-refractivity contribution < 1.29 is 4.79 Å². The van der Waals surface area contributed by atoms with Crippen molar-refractivity contribution in [2.24, 2.45) is 5.92 Å². The fraction of sp³-hybridized carbons (Fsp3) is 0.333. The van der Waals surface area contributed by atoms with Crippen LogP contribution in [0.3, 0.4) is 0 Å². The Kier molecular flexibility index (Phi) is 5.06. The maximum atomic E-state index is 12.8. The van der Waals surface area contributed by atoms with E-state index in [1.165, 1.54) is 0 Å². The van der Waals surface area contributed by atoms with Gasteiger partial charge in [-0.3, -0.25) is 4.79 Å². The predicted octanol–water partition coefficient (Wildman–Crippen LogP) is 3.13. The maximum Gasteiger partial charge on any atom is 0.229 e. The van der Waals surface area contributed by atoms with Gasteiger partial charge in [-0.15, -0.1) is 0 Å². The molecule has 144 valence electrons. The van der Waals surface area contributed by atoms with Crippen molar-refractivity contribution in [1.29, 1.82) is 0 Å². The van der Waals surface area contributed by atoms with E-state index in [0.29, 0.717) is 12.5 Å². The van der Waals surface area contributed by atoms with Gasteiger partial charge in [0.1, 0.15) is 0 Å². The summed E-state index contributed by atoms with van der Waals surface area (Å²) >= 11 is 0. The molecule has 28 heavy (non-hydrogen) atoms. The molecule has 4 rings (SSSR count). The van der Waals surface area contributed by atoms with Crippen LogP contribution in [-0.2, 0) is 4.79 Å². The summed E-state index contributed by atoms with van der Waals surface area (Å²) in [7, 11) is 0. The van der Waals surface area contributed by atoms with Crippen LogP contribution in [0.25, 0.3) is 5.69 Å². The number of nitrogens with zero attached hydrogens (tertiary/aromatic N) is 5. The third-order valence-electron chi connectivity index (χ3n) is 5.02. The number of piperidine rings is 1. The van der Waals surface area contributed by atoms with Crippen LogP contribution in [0.1, 0.15) is 24.2 Å². The Morgan fingerprint density at radius 3 is 2.57 bits per heavy atom. The van der Waals surface area contributed by atoms with E-state index in [1.807, 2.05) is 48.9 Å². The Hall–Kier alpha value is -3.22. The standard InChI is InChI=1S/C21H24N6O/c1-15-13-16(2)27(25-15)19-8-6-18(7-9-19)24-20(28)17-5-3-12-26(14-17)21-22-10-4-11-23-21/h4,6-11,13,17H,3,5,12,14H2,1-2H3,(H,24,28)/t17-/m0/s1. The van der Waals surface area contributed by atoms with Gasteiger partial charge in [-0.05, 0) is 63.1 Å². The second-order valence-corrected chi connectivity index (χ2v) is 7.21. The van der Waals surface area contributed by atoms with E-state index in [-0.39, 0.29) is 11.8 Å². The second kappa shape index (κ2) is 7.80. The number of nitrogens with one attached hydrogen (secondary N) is 1. The number of aromatic nitrogens is 4. The Morgan fingerprint density at radius 2 is 1.89 bits per heavy atom. The van der Waals surface area contributed by atoms with Crippen molar-refractivity contribution >= 4 is 17.5 Å². The first kappa shape index (κ1) is 18.2. The largest absolute Gasteiger partial charge is 0.340 e. The topological polar surface area (TPSA) is 75.9 Å². The summed E-state index contributed by atoms with van der Waals surface area (Å²) < 4.78 is 1.90. The lowest BCUT2D eigenvalue weighted by atomic mass is 9.97. The molecule has 1 aliphatic rings. The summed E-state index contributed by atoms with van der Waals surface area (Å²) in [6, 6.07) is 11.6. The lowest BCUT2D eigenvalue weighted by Crippen LogP contribution is -2.41. The van der Waals surface area contributed by atoms with Crippen LogP contribution in [0, 0.1) is 19.8 Å². The minimum Gasteiger partial charge on any atom is -0.340 e. The van der Waals surface area contributed by atoms with Crippen LogP contribution in [0.2, 0.25) is 0 Å². The number of rotatable bonds is 4. The van der Waals surface area contributed by atoms with Gasteiger partial charge in [0, 0.05) is 36.9 Å². The molecule has 0 unspecified atom stereocenters. The molecule has 1 aromatic carbocycles. The predicted molar refractivity (Wildman–Crippen MR) is 109 cm³/mol. The third kappa shape index (κ3) is 3.88. The average molecular weight is 376 g/mol. The number of amides is 1. The Labute approximate surface area is 164 Å². The molecule has 0 radical (unpaired) electrons. The highest BCUT2D eigenvalue weighted by molar-refractivity contribution is 5.93. The van der Waals surface area contributed by atoms with Crippen LogP contribution in [-0.4, -0.2) is 38.7 Å². The van der Waals surface area contributed by atoms with E-state index in [4.69, 9.17) is 0 Å². The van der Waals surface area contributed by atoms with Gasteiger partial charge >= 0.3 is 0 Å². The van der Waals surface area contributed by atoms with E-state index < -0.39 is 0 Å². The Bertz CT molecular complexity index is 951. The summed E-state index contributed by atoms with van der Waals surface area (Å²) in [5.74, 6) is 0.655. The molecular weight excluding hydrogens is 352 g/mol. The van der Waals surface area contributed by atoms with Crippen molar-refractivity contribution in [1.82, 2.24) is 19.7 Å². The first-order valence-electron chi connectivity index (χ1n) is 9.57. The third-order valence-corrected chi connectivity index (χ3v) is 5.02. The molecule has 0 saturated carbocycles. The minimum atomic E-state index is -0.0757. The molecule has 1 saturated heterocycles. The molecule has 3 aromatic rings. The minimum absolute atomic E-state index is 0.0412. The zero-order valence-corrected chi connectivity index (χ0v) is 16.2. The smallest absolute Gasteiger partial charge is 0.229 e. The molecule has 0 spiro atoms. The van der Waals surface area contributed by atoms with Gasteiger partial charge in [0.2, 0.25) is 11.9 Å². The van der Waals surface area contributed by atoms with Crippen LogP contribution in [0.5, 0.6) is 0 Å². The van der Waals surface area contributed by atoms with Crippen molar-refractivity contribution in [2.45, 2.75) is 26.7 Å². The summed E-state index contributed by atoms with van der Waals surface area (Å²) in [5.41, 5.74) is 3.84. The van der Waals surface area contributed by atoms with E-state index >= 15 is 0 Å². The summed E-state index contributed by atoms with van der Waals surface area (Å²) in [4.78, 5) is 23.4. The van der Waals surface area contributed by atoms with Crippen molar-refractivity contribution in [3.8, 4) is 5.69 Å². The molecule has 1 atom stereocenters. The number of aryl methyl sites for hydroxylation is 2. The Balaban J connectivity index is 1.41. The first-order chi connectivity index (χ1) is 13.6. The molecule has 2 aromatic heterocycles. The van der Waals surface area contributed by atoms with Crippen LogP contribution >= 0.6 is 0 Å². The van der Waals surface area contributed by atoms with Gasteiger partial charge in [-0.25, -0.2) is 14.6 Å².